The van der Waals surface area contributed by atoms with Crippen molar-refractivity contribution in [2.45, 2.75) is 12.0 Å². The lowest BCUT2D eigenvalue weighted by Gasteiger charge is -2.21. The van der Waals surface area contributed by atoms with E-state index in [-0.39, 0.29) is 12.3 Å². The van der Waals surface area contributed by atoms with Gasteiger partial charge in [-0.05, 0) is 34.5 Å². The minimum Gasteiger partial charge on any atom is -0.379 e. The molecule has 0 radical (unpaired) electrons. The molecule has 0 bridgehead atoms. The van der Waals surface area contributed by atoms with Gasteiger partial charge in [-0.2, -0.15) is 0 Å². The fourth-order valence-electron chi connectivity index (χ4n) is 1.62. The van der Waals surface area contributed by atoms with Crippen LogP contribution in [0.3, 0.4) is 0 Å². The molecule has 4 nitrogen and oxygen atoms in total. The number of para-hydroxylation sites is 1. The lowest BCUT2D eigenvalue weighted by atomic mass is 9.99. The predicted molar refractivity (Wildman–Crippen MR) is 65.1 cm³/mol. The van der Waals surface area contributed by atoms with Gasteiger partial charge in [0.05, 0.1) is 12.3 Å². The van der Waals surface area contributed by atoms with Crippen LogP contribution in [0.15, 0.2) is 22.7 Å². The Morgan fingerprint density at radius 2 is 2.35 bits per heavy atom. The summed E-state index contributed by atoms with van der Waals surface area (Å²) < 4.78 is 19.1. The first-order chi connectivity index (χ1) is 8.03. The van der Waals surface area contributed by atoms with Gasteiger partial charge in [0.1, 0.15) is 11.4 Å². The van der Waals surface area contributed by atoms with Gasteiger partial charge in [-0.25, -0.2) is 4.39 Å². The van der Waals surface area contributed by atoms with Crippen molar-refractivity contribution in [1.82, 2.24) is 0 Å². The van der Waals surface area contributed by atoms with Crippen LogP contribution in [0.5, 0.6) is 0 Å². The van der Waals surface area contributed by atoms with Crippen LogP contribution in [0, 0.1) is 5.82 Å². The molecule has 3 N–H and O–H groups in total. The van der Waals surface area contributed by atoms with Crippen molar-refractivity contribution >= 4 is 27.5 Å². The summed E-state index contributed by atoms with van der Waals surface area (Å²) in [5.41, 5.74) is 4.91. The van der Waals surface area contributed by atoms with Crippen molar-refractivity contribution in [3.05, 3.63) is 28.5 Å². The SMILES string of the molecule is NC1(C(=O)Nc2c(F)cccc2Br)CCOC1. The van der Waals surface area contributed by atoms with Crippen LogP contribution < -0.4 is 11.1 Å². The van der Waals surface area contributed by atoms with E-state index in [1.54, 1.807) is 12.1 Å². The molecule has 0 saturated carbocycles. The van der Waals surface area contributed by atoms with E-state index in [0.717, 1.165) is 0 Å². The van der Waals surface area contributed by atoms with Crippen molar-refractivity contribution in [2.24, 2.45) is 5.73 Å². The molecular weight excluding hydrogens is 291 g/mol. The zero-order valence-corrected chi connectivity index (χ0v) is 10.6. The van der Waals surface area contributed by atoms with E-state index in [4.69, 9.17) is 10.5 Å². The second kappa shape index (κ2) is 4.72. The average molecular weight is 303 g/mol. The Kier molecular flexibility index (Phi) is 3.46. The molecule has 1 amide bonds. The van der Waals surface area contributed by atoms with E-state index in [0.29, 0.717) is 17.5 Å². The smallest absolute Gasteiger partial charge is 0.247 e. The maximum absolute atomic E-state index is 13.5. The Balaban J connectivity index is 2.18. The van der Waals surface area contributed by atoms with E-state index >= 15 is 0 Å². The number of amides is 1. The third-order valence-electron chi connectivity index (χ3n) is 2.71. The van der Waals surface area contributed by atoms with Crippen LogP contribution in [0.25, 0.3) is 0 Å². The molecular formula is C11H12BrFN2O2. The first kappa shape index (κ1) is 12.5. The second-order valence-electron chi connectivity index (χ2n) is 4.01. The van der Waals surface area contributed by atoms with Gasteiger partial charge in [0.15, 0.2) is 0 Å². The van der Waals surface area contributed by atoms with Gasteiger partial charge in [0, 0.05) is 11.1 Å². The van der Waals surface area contributed by atoms with Crippen molar-refractivity contribution in [3.63, 3.8) is 0 Å². The number of carbonyl (C=O) groups excluding carboxylic acids is 1. The van der Waals surface area contributed by atoms with Crippen molar-refractivity contribution in [1.29, 1.82) is 0 Å². The standard InChI is InChI=1S/C11H12BrFN2O2/c12-7-2-1-3-8(13)9(7)15-10(16)11(14)4-5-17-6-11/h1-3H,4-6,14H2,(H,15,16). The highest BCUT2D eigenvalue weighted by molar-refractivity contribution is 9.10. The second-order valence-corrected chi connectivity index (χ2v) is 4.86. The number of hydrogen-bond acceptors (Lipinski definition) is 3. The summed E-state index contributed by atoms with van der Waals surface area (Å²) in [5.74, 6) is -0.934. The van der Waals surface area contributed by atoms with Gasteiger partial charge < -0.3 is 15.8 Å². The number of rotatable bonds is 2. The molecule has 1 aliphatic heterocycles. The van der Waals surface area contributed by atoms with Crippen LogP contribution >= 0.6 is 15.9 Å². The lowest BCUT2D eigenvalue weighted by molar-refractivity contribution is -0.121. The van der Waals surface area contributed by atoms with E-state index < -0.39 is 17.3 Å². The summed E-state index contributed by atoms with van der Waals surface area (Å²) in [5, 5.41) is 2.50. The van der Waals surface area contributed by atoms with Crippen LogP contribution in [0.2, 0.25) is 0 Å². The third kappa shape index (κ3) is 2.48. The van der Waals surface area contributed by atoms with Gasteiger partial charge in [0.2, 0.25) is 5.91 Å². The molecule has 1 aliphatic rings. The summed E-state index contributed by atoms with van der Waals surface area (Å²) in [6, 6.07) is 4.47. The highest BCUT2D eigenvalue weighted by Gasteiger charge is 2.38. The molecule has 17 heavy (non-hydrogen) atoms. The number of benzene rings is 1. The van der Waals surface area contributed by atoms with E-state index in [9.17, 15) is 9.18 Å². The van der Waals surface area contributed by atoms with E-state index in [1.807, 2.05) is 0 Å². The number of halogens is 2. The van der Waals surface area contributed by atoms with Crippen molar-refractivity contribution < 1.29 is 13.9 Å². The largest absolute Gasteiger partial charge is 0.379 e. The van der Waals surface area contributed by atoms with Crippen molar-refractivity contribution in [3.8, 4) is 0 Å². The normalized spacial score (nSPS) is 23.7. The van der Waals surface area contributed by atoms with E-state index in [1.165, 1.54) is 6.07 Å². The monoisotopic (exact) mass is 302 g/mol. The summed E-state index contributed by atoms with van der Waals surface area (Å²) in [4.78, 5) is 11.9. The highest BCUT2D eigenvalue weighted by Crippen LogP contribution is 2.27. The van der Waals surface area contributed by atoms with Gasteiger partial charge >= 0.3 is 0 Å². The molecule has 1 unspecified atom stereocenters. The molecule has 92 valence electrons. The average Bonchev–Trinajstić information content (AvgIpc) is 2.72. The number of nitrogens with two attached hydrogens (primary N) is 1. The van der Waals surface area contributed by atoms with Gasteiger partial charge in [-0.3, -0.25) is 4.79 Å². The molecule has 1 atom stereocenters. The summed E-state index contributed by atoms with van der Waals surface area (Å²) >= 11 is 3.18. The Labute approximate surface area is 106 Å². The van der Waals surface area contributed by atoms with Crippen LogP contribution in [-0.4, -0.2) is 24.7 Å². The van der Waals surface area contributed by atoms with Gasteiger partial charge in [0.25, 0.3) is 0 Å². The number of anilines is 1. The number of nitrogens with one attached hydrogen (secondary N) is 1. The number of ether oxygens (including phenoxy) is 1. The maximum Gasteiger partial charge on any atom is 0.247 e. The Hall–Kier alpha value is -0.980. The molecule has 1 aromatic carbocycles. The first-order valence-electron chi connectivity index (χ1n) is 5.15. The summed E-state index contributed by atoms with van der Waals surface area (Å²) in [6.07, 6.45) is 0.435. The Morgan fingerprint density at radius 3 is 2.94 bits per heavy atom. The molecule has 1 fully saturated rings. The molecule has 0 aromatic heterocycles. The molecule has 6 heteroatoms. The molecule has 1 saturated heterocycles. The highest BCUT2D eigenvalue weighted by atomic mass is 79.9. The quantitative estimate of drug-likeness (QED) is 0.873. The fraction of sp³-hybridized carbons (Fsp3) is 0.364. The minimum atomic E-state index is -1.07. The number of hydrogen-bond donors (Lipinski definition) is 2. The molecule has 0 aliphatic carbocycles. The van der Waals surface area contributed by atoms with Crippen LogP contribution in [0.1, 0.15) is 6.42 Å². The zero-order valence-electron chi connectivity index (χ0n) is 9.00. The maximum atomic E-state index is 13.5. The topological polar surface area (TPSA) is 64.4 Å². The van der Waals surface area contributed by atoms with Crippen LogP contribution in [0.4, 0.5) is 10.1 Å². The summed E-state index contributed by atoms with van der Waals surface area (Å²) in [7, 11) is 0. The summed E-state index contributed by atoms with van der Waals surface area (Å²) in [6.45, 7) is 0.604. The van der Waals surface area contributed by atoms with Crippen LogP contribution in [-0.2, 0) is 9.53 Å². The Bertz CT molecular complexity index is 427. The van der Waals surface area contributed by atoms with Gasteiger partial charge in [-0.15, -0.1) is 0 Å². The zero-order chi connectivity index (χ0) is 12.5. The minimum absolute atomic E-state index is 0.106. The lowest BCUT2D eigenvalue weighted by Crippen LogP contribution is -2.51. The third-order valence-corrected chi connectivity index (χ3v) is 3.37. The van der Waals surface area contributed by atoms with Gasteiger partial charge in [-0.1, -0.05) is 6.07 Å². The first-order valence-corrected chi connectivity index (χ1v) is 5.94. The fourth-order valence-corrected chi connectivity index (χ4v) is 2.06. The molecule has 1 aromatic rings. The van der Waals surface area contributed by atoms with Crippen molar-refractivity contribution in [2.75, 3.05) is 18.5 Å². The predicted octanol–water partition coefficient (Wildman–Crippen LogP) is 1.64. The Morgan fingerprint density at radius 1 is 1.59 bits per heavy atom. The molecule has 0 spiro atoms. The van der Waals surface area contributed by atoms with E-state index in [2.05, 4.69) is 21.2 Å². The molecule has 2 rings (SSSR count). The molecule has 1 heterocycles. The number of carbonyl (C=O) groups is 1.